The lowest BCUT2D eigenvalue weighted by atomic mass is 9.93. The van der Waals surface area contributed by atoms with Crippen LogP contribution in [0.2, 0.25) is 0 Å². The van der Waals surface area contributed by atoms with Gasteiger partial charge in [0.25, 0.3) is 5.91 Å². The Morgan fingerprint density at radius 3 is 2.81 bits per heavy atom. The van der Waals surface area contributed by atoms with E-state index in [0.717, 1.165) is 12.8 Å². The summed E-state index contributed by atoms with van der Waals surface area (Å²) < 4.78 is 20.3. The van der Waals surface area contributed by atoms with Crippen LogP contribution >= 0.6 is 0 Å². The lowest BCUT2D eigenvalue weighted by Gasteiger charge is -2.35. The molecule has 1 aromatic rings. The van der Waals surface area contributed by atoms with Gasteiger partial charge in [-0.25, -0.2) is 9.18 Å². The van der Waals surface area contributed by atoms with Crippen LogP contribution in [0.3, 0.4) is 0 Å². The molecule has 2 aliphatic carbocycles. The molecule has 0 bridgehead atoms. The van der Waals surface area contributed by atoms with Crippen molar-refractivity contribution < 1.29 is 18.7 Å². The second kappa shape index (κ2) is 8.65. The van der Waals surface area contributed by atoms with Gasteiger partial charge < -0.3 is 20.7 Å². The summed E-state index contributed by atoms with van der Waals surface area (Å²) in [5.41, 5.74) is 6.50. The summed E-state index contributed by atoms with van der Waals surface area (Å²) in [6.45, 7) is 3.13. The molecule has 1 aromatic heterocycles. The summed E-state index contributed by atoms with van der Waals surface area (Å²) in [6.07, 6.45) is 7.34. The molecule has 1 aliphatic heterocycles. The highest BCUT2D eigenvalue weighted by atomic mass is 19.1. The molecule has 2 amide bonds. The molecule has 2 fully saturated rings. The number of nitriles is 1. The maximum atomic E-state index is 13.3. The third-order valence-corrected chi connectivity index (χ3v) is 6.37. The van der Waals surface area contributed by atoms with Crippen molar-refractivity contribution in [1.29, 1.82) is 5.26 Å². The van der Waals surface area contributed by atoms with Gasteiger partial charge in [0.1, 0.15) is 11.4 Å². The highest BCUT2D eigenvalue weighted by Gasteiger charge is 2.40. The Morgan fingerprint density at radius 1 is 1.41 bits per heavy atom. The van der Waals surface area contributed by atoms with Crippen LogP contribution in [0.15, 0.2) is 29.9 Å². The highest BCUT2D eigenvalue weighted by Crippen LogP contribution is 2.45. The van der Waals surface area contributed by atoms with E-state index in [1.807, 2.05) is 0 Å². The average Bonchev–Trinajstić information content (AvgIpc) is 3.37. The number of allylic oxidation sites excluding steroid dienone is 4. The fourth-order valence-corrected chi connectivity index (χ4v) is 3.90. The normalized spacial score (nSPS) is 24.1. The number of nitrogens with two attached hydrogens (primary N) is 1. The molecule has 170 valence electrons. The summed E-state index contributed by atoms with van der Waals surface area (Å²) in [6, 6.07) is 1.83. The van der Waals surface area contributed by atoms with Gasteiger partial charge in [-0.05, 0) is 37.8 Å². The fraction of sp³-hybridized carbons (Fsp3) is 0.545. The number of carbonyl (C=O) groups is 2. The smallest absolute Gasteiger partial charge is 0.409 e. The predicted octanol–water partition coefficient (Wildman–Crippen LogP) is 3.25. The SMILES string of the molecule is CC1(COC(=O)N2CCC(C#N)C(n3cc(C(N)=O)c(NC4=CC=C(F)CC4)n3)C2)CC1. The fourth-order valence-electron chi connectivity index (χ4n) is 3.90. The minimum absolute atomic E-state index is 0.0882. The van der Waals surface area contributed by atoms with Crippen LogP contribution in [0, 0.1) is 22.7 Å². The van der Waals surface area contributed by atoms with Crippen LogP contribution in [-0.4, -0.2) is 46.4 Å². The number of primary amides is 1. The van der Waals surface area contributed by atoms with Crippen molar-refractivity contribution in [3.63, 3.8) is 0 Å². The van der Waals surface area contributed by atoms with Crippen LogP contribution < -0.4 is 11.1 Å². The van der Waals surface area contributed by atoms with Gasteiger partial charge in [0, 0.05) is 36.8 Å². The molecule has 32 heavy (non-hydrogen) atoms. The average molecular weight is 442 g/mol. The lowest BCUT2D eigenvalue weighted by molar-refractivity contribution is 0.0641. The largest absolute Gasteiger partial charge is 0.449 e. The number of amides is 2. The zero-order valence-corrected chi connectivity index (χ0v) is 18.0. The van der Waals surface area contributed by atoms with Crippen LogP contribution in [0.4, 0.5) is 15.0 Å². The van der Waals surface area contributed by atoms with Crippen LogP contribution in [-0.2, 0) is 4.74 Å². The van der Waals surface area contributed by atoms with Crippen molar-refractivity contribution in [2.75, 3.05) is 25.0 Å². The summed E-state index contributed by atoms with van der Waals surface area (Å²) in [4.78, 5) is 26.2. The van der Waals surface area contributed by atoms with E-state index in [1.165, 1.54) is 17.0 Å². The number of aromatic nitrogens is 2. The number of hydrogen-bond acceptors (Lipinski definition) is 6. The Hall–Kier alpha value is -3.35. The number of piperidine rings is 1. The minimum atomic E-state index is -0.671. The number of anilines is 1. The molecule has 2 unspecified atom stereocenters. The number of rotatable bonds is 6. The molecular weight excluding hydrogens is 415 g/mol. The molecule has 1 saturated carbocycles. The van der Waals surface area contributed by atoms with Crippen LogP contribution in [0.1, 0.15) is 55.4 Å². The lowest BCUT2D eigenvalue weighted by Crippen LogP contribution is -2.45. The summed E-state index contributed by atoms with van der Waals surface area (Å²) in [5.74, 6) is -1.02. The molecule has 10 heteroatoms. The summed E-state index contributed by atoms with van der Waals surface area (Å²) in [7, 11) is 0. The Balaban J connectivity index is 1.52. The third kappa shape index (κ3) is 4.77. The minimum Gasteiger partial charge on any atom is -0.449 e. The summed E-state index contributed by atoms with van der Waals surface area (Å²) >= 11 is 0. The van der Waals surface area contributed by atoms with Crippen molar-refractivity contribution in [2.45, 2.75) is 45.1 Å². The van der Waals surface area contributed by atoms with Gasteiger partial charge in [0.05, 0.1) is 24.6 Å². The Kier molecular flexibility index (Phi) is 5.91. The van der Waals surface area contributed by atoms with Gasteiger partial charge in [-0.15, -0.1) is 0 Å². The van der Waals surface area contributed by atoms with Crippen molar-refractivity contribution in [1.82, 2.24) is 14.7 Å². The second-order valence-electron chi connectivity index (χ2n) is 9.07. The molecule has 2 atom stereocenters. The maximum absolute atomic E-state index is 13.3. The zero-order chi connectivity index (χ0) is 22.9. The van der Waals surface area contributed by atoms with E-state index < -0.39 is 18.0 Å². The van der Waals surface area contributed by atoms with Gasteiger partial charge in [-0.3, -0.25) is 9.48 Å². The van der Waals surface area contributed by atoms with Crippen LogP contribution in [0.5, 0.6) is 0 Å². The number of carbonyl (C=O) groups excluding carboxylic acids is 2. The summed E-state index contributed by atoms with van der Waals surface area (Å²) in [5, 5.41) is 17.2. The first-order valence-electron chi connectivity index (χ1n) is 10.8. The number of hydrogen-bond donors (Lipinski definition) is 2. The van der Waals surface area contributed by atoms with Gasteiger partial charge in [0.15, 0.2) is 5.82 Å². The first-order valence-corrected chi connectivity index (χ1v) is 10.8. The van der Waals surface area contributed by atoms with Crippen LogP contribution in [0.25, 0.3) is 0 Å². The zero-order valence-electron chi connectivity index (χ0n) is 18.0. The van der Waals surface area contributed by atoms with Gasteiger partial charge in [0.2, 0.25) is 0 Å². The molecule has 1 saturated heterocycles. The van der Waals surface area contributed by atoms with E-state index in [-0.39, 0.29) is 41.5 Å². The first kappa shape index (κ1) is 21.9. The highest BCUT2D eigenvalue weighted by molar-refractivity contribution is 5.97. The number of halogens is 1. The Bertz CT molecular complexity index is 1020. The van der Waals surface area contributed by atoms with E-state index in [9.17, 15) is 19.2 Å². The molecule has 3 aliphatic rings. The molecule has 0 spiro atoms. The third-order valence-electron chi connectivity index (χ3n) is 6.37. The molecule has 0 radical (unpaired) electrons. The van der Waals surface area contributed by atoms with E-state index in [1.54, 1.807) is 11.0 Å². The van der Waals surface area contributed by atoms with Crippen molar-refractivity contribution in [3.8, 4) is 6.07 Å². The molecule has 2 heterocycles. The van der Waals surface area contributed by atoms with E-state index in [0.29, 0.717) is 31.7 Å². The number of nitrogens with zero attached hydrogens (tertiary/aromatic N) is 4. The van der Waals surface area contributed by atoms with Gasteiger partial charge in [-0.2, -0.15) is 10.4 Å². The van der Waals surface area contributed by atoms with E-state index >= 15 is 0 Å². The van der Waals surface area contributed by atoms with E-state index in [4.69, 9.17) is 10.5 Å². The van der Waals surface area contributed by atoms with Crippen molar-refractivity contribution in [3.05, 3.63) is 35.4 Å². The molecular formula is C22H27FN6O3. The predicted molar refractivity (Wildman–Crippen MR) is 114 cm³/mol. The van der Waals surface area contributed by atoms with Gasteiger partial charge >= 0.3 is 6.09 Å². The van der Waals surface area contributed by atoms with Gasteiger partial charge in [-0.1, -0.05) is 6.92 Å². The molecule has 3 N–H and O–H groups in total. The Morgan fingerprint density at radius 2 is 2.19 bits per heavy atom. The number of likely N-dealkylation sites (tertiary alicyclic amines) is 1. The molecule has 0 aromatic carbocycles. The monoisotopic (exact) mass is 442 g/mol. The Labute approximate surface area is 185 Å². The standard InChI is InChI=1S/C22H27FN6O3/c1-22(7-8-22)13-32-21(31)28-9-6-14(10-24)18(12-28)29-11-17(19(25)30)20(27-29)26-16-4-2-15(23)3-5-16/h2,4,11,14,18H,3,5-9,12-13H2,1H3,(H2,25,30)(H,26,27). The molecule has 4 rings (SSSR count). The number of ether oxygens (including phenoxy) is 1. The first-order chi connectivity index (χ1) is 15.3. The topological polar surface area (TPSA) is 126 Å². The van der Waals surface area contributed by atoms with Crippen molar-refractivity contribution >= 4 is 17.8 Å². The number of nitrogens with one attached hydrogen (secondary N) is 1. The maximum Gasteiger partial charge on any atom is 0.409 e. The second-order valence-corrected chi connectivity index (χ2v) is 9.07. The quantitative estimate of drug-likeness (QED) is 0.696. The van der Waals surface area contributed by atoms with Crippen molar-refractivity contribution in [2.24, 2.45) is 17.1 Å². The van der Waals surface area contributed by atoms with E-state index in [2.05, 4.69) is 23.4 Å². The molecule has 9 nitrogen and oxygen atoms in total.